The minimum atomic E-state index is -0.0394. The van der Waals surface area contributed by atoms with Crippen molar-refractivity contribution in [3.05, 3.63) is 0 Å². The highest BCUT2D eigenvalue weighted by Crippen LogP contribution is 2.28. The number of aliphatic imine (C=N–C) groups is 1. The molecule has 0 bridgehead atoms. The summed E-state index contributed by atoms with van der Waals surface area (Å²) in [5, 5.41) is 0. The Morgan fingerprint density at radius 1 is 1.36 bits per heavy atom. The third-order valence-electron chi connectivity index (χ3n) is 2.26. The first-order valence-corrected chi connectivity index (χ1v) is 3.87. The minimum absolute atomic E-state index is 0.0394. The Morgan fingerprint density at radius 3 is 2.64 bits per heavy atom. The molecule has 11 heavy (non-hydrogen) atoms. The molecule has 0 atom stereocenters. The molecule has 2 rings (SSSR count). The number of nitrogens with zero attached hydrogens (tertiary/aromatic N) is 1. The lowest BCUT2D eigenvalue weighted by Crippen LogP contribution is -2.35. The number of nitrogens with two attached hydrogens (primary N) is 1. The summed E-state index contributed by atoms with van der Waals surface area (Å²) >= 11 is 0. The SMILES string of the molecule is NC1=NC2(CCOCC2)CO1. The number of amidine groups is 1. The van der Waals surface area contributed by atoms with Gasteiger partial charge in [0.1, 0.15) is 12.1 Å². The van der Waals surface area contributed by atoms with Crippen LogP contribution in [0, 0.1) is 0 Å². The van der Waals surface area contributed by atoms with E-state index in [0.717, 1.165) is 26.1 Å². The van der Waals surface area contributed by atoms with E-state index >= 15 is 0 Å². The van der Waals surface area contributed by atoms with E-state index in [-0.39, 0.29) is 5.54 Å². The number of ether oxygens (including phenoxy) is 2. The Balaban J connectivity index is 2.09. The van der Waals surface area contributed by atoms with E-state index < -0.39 is 0 Å². The van der Waals surface area contributed by atoms with Gasteiger partial charge < -0.3 is 15.2 Å². The highest BCUT2D eigenvalue weighted by Gasteiger charge is 2.37. The first-order valence-electron chi connectivity index (χ1n) is 3.87. The highest BCUT2D eigenvalue weighted by atomic mass is 16.5. The molecule has 62 valence electrons. The molecule has 1 fully saturated rings. The fourth-order valence-electron chi connectivity index (χ4n) is 1.51. The van der Waals surface area contributed by atoms with E-state index in [1.54, 1.807) is 0 Å². The third-order valence-corrected chi connectivity index (χ3v) is 2.26. The predicted molar refractivity (Wildman–Crippen MR) is 40.4 cm³/mol. The lowest BCUT2D eigenvalue weighted by molar-refractivity contribution is 0.0441. The summed E-state index contributed by atoms with van der Waals surface area (Å²) in [5.41, 5.74) is 5.39. The second-order valence-electron chi connectivity index (χ2n) is 3.08. The van der Waals surface area contributed by atoms with Crippen LogP contribution in [0.5, 0.6) is 0 Å². The Kier molecular flexibility index (Phi) is 1.49. The number of hydrogen-bond donors (Lipinski definition) is 1. The maximum absolute atomic E-state index is 5.43. The van der Waals surface area contributed by atoms with Gasteiger partial charge in [-0.2, -0.15) is 0 Å². The molecule has 0 radical (unpaired) electrons. The van der Waals surface area contributed by atoms with E-state index in [1.165, 1.54) is 0 Å². The van der Waals surface area contributed by atoms with Crippen molar-refractivity contribution < 1.29 is 9.47 Å². The third kappa shape index (κ3) is 1.18. The zero-order chi connectivity index (χ0) is 7.73. The maximum Gasteiger partial charge on any atom is 0.282 e. The van der Waals surface area contributed by atoms with Crippen molar-refractivity contribution in [2.24, 2.45) is 10.7 Å². The molecule has 2 heterocycles. The average molecular weight is 156 g/mol. The summed E-state index contributed by atoms with van der Waals surface area (Å²) in [7, 11) is 0. The fraction of sp³-hybridized carbons (Fsp3) is 0.857. The molecule has 0 aromatic heterocycles. The smallest absolute Gasteiger partial charge is 0.282 e. The topological polar surface area (TPSA) is 56.8 Å². The standard InChI is InChI=1S/C7H12N2O2/c8-6-9-7(5-11-6)1-3-10-4-2-7/h1-5H2,(H2,8,9). The van der Waals surface area contributed by atoms with Gasteiger partial charge in [0.25, 0.3) is 6.02 Å². The van der Waals surface area contributed by atoms with Gasteiger partial charge in [0.15, 0.2) is 0 Å². The van der Waals surface area contributed by atoms with Crippen molar-refractivity contribution in [3.63, 3.8) is 0 Å². The Hall–Kier alpha value is -0.770. The van der Waals surface area contributed by atoms with Crippen molar-refractivity contribution in [2.75, 3.05) is 19.8 Å². The summed E-state index contributed by atoms with van der Waals surface area (Å²) < 4.78 is 10.3. The molecule has 4 heteroatoms. The summed E-state index contributed by atoms with van der Waals surface area (Å²) in [6.07, 6.45) is 1.88. The van der Waals surface area contributed by atoms with Crippen molar-refractivity contribution in [1.29, 1.82) is 0 Å². The van der Waals surface area contributed by atoms with Gasteiger partial charge >= 0.3 is 0 Å². The van der Waals surface area contributed by atoms with Gasteiger partial charge in [0, 0.05) is 13.2 Å². The Bertz CT molecular complexity index is 185. The molecular formula is C7H12N2O2. The quantitative estimate of drug-likeness (QED) is 0.532. The molecule has 2 aliphatic rings. The van der Waals surface area contributed by atoms with Crippen LogP contribution in [0.15, 0.2) is 4.99 Å². The summed E-state index contributed by atoms with van der Waals surface area (Å²) in [5.74, 6) is 0. The van der Waals surface area contributed by atoms with E-state index in [2.05, 4.69) is 4.99 Å². The van der Waals surface area contributed by atoms with Crippen LogP contribution >= 0.6 is 0 Å². The van der Waals surface area contributed by atoms with E-state index in [4.69, 9.17) is 15.2 Å². The lowest BCUT2D eigenvalue weighted by atomic mass is 9.93. The van der Waals surface area contributed by atoms with Crippen LogP contribution in [-0.2, 0) is 9.47 Å². The van der Waals surface area contributed by atoms with E-state index in [1.807, 2.05) is 0 Å². The molecule has 1 saturated heterocycles. The van der Waals surface area contributed by atoms with Crippen LogP contribution in [0.25, 0.3) is 0 Å². The minimum Gasteiger partial charge on any atom is -0.463 e. The van der Waals surface area contributed by atoms with Crippen molar-refractivity contribution in [3.8, 4) is 0 Å². The normalized spacial score (nSPS) is 28.2. The van der Waals surface area contributed by atoms with E-state index in [0.29, 0.717) is 12.6 Å². The zero-order valence-corrected chi connectivity index (χ0v) is 6.38. The molecule has 4 nitrogen and oxygen atoms in total. The van der Waals surface area contributed by atoms with Crippen LogP contribution in [0.3, 0.4) is 0 Å². The van der Waals surface area contributed by atoms with Crippen molar-refractivity contribution in [1.82, 2.24) is 0 Å². The molecule has 0 amide bonds. The monoisotopic (exact) mass is 156 g/mol. The Morgan fingerprint density at radius 2 is 2.09 bits per heavy atom. The lowest BCUT2D eigenvalue weighted by Gasteiger charge is -2.27. The fourth-order valence-corrected chi connectivity index (χ4v) is 1.51. The van der Waals surface area contributed by atoms with Crippen LogP contribution in [0.4, 0.5) is 0 Å². The largest absolute Gasteiger partial charge is 0.463 e. The van der Waals surface area contributed by atoms with Gasteiger partial charge in [-0.05, 0) is 12.8 Å². The molecule has 0 aliphatic carbocycles. The van der Waals surface area contributed by atoms with Gasteiger partial charge in [0.05, 0.1) is 0 Å². The predicted octanol–water partition coefficient (Wildman–Crippen LogP) is -0.120. The first kappa shape index (κ1) is 6.91. The molecule has 0 aromatic carbocycles. The second-order valence-corrected chi connectivity index (χ2v) is 3.08. The zero-order valence-electron chi connectivity index (χ0n) is 6.38. The van der Waals surface area contributed by atoms with Gasteiger partial charge in [-0.1, -0.05) is 0 Å². The molecule has 2 aliphatic heterocycles. The highest BCUT2D eigenvalue weighted by molar-refractivity contribution is 5.73. The van der Waals surface area contributed by atoms with Crippen molar-refractivity contribution in [2.45, 2.75) is 18.4 Å². The molecule has 2 N–H and O–H groups in total. The molecular weight excluding hydrogens is 144 g/mol. The van der Waals surface area contributed by atoms with Gasteiger partial charge in [-0.15, -0.1) is 0 Å². The number of rotatable bonds is 0. The summed E-state index contributed by atoms with van der Waals surface area (Å²) in [4.78, 5) is 4.27. The maximum atomic E-state index is 5.43. The van der Waals surface area contributed by atoms with E-state index in [9.17, 15) is 0 Å². The summed E-state index contributed by atoms with van der Waals surface area (Å²) in [6.45, 7) is 2.20. The second kappa shape index (κ2) is 2.37. The molecule has 1 spiro atoms. The average Bonchev–Trinajstić information content (AvgIpc) is 2.34. The number of hydrogen-bond acceptors (Lipinski definition) is 4. The molecule has 0 aromatic rings. The Labute approximate surface area is 65.4 Å². The van der Waals surface area contributed by atoms with Crippen LogP contribution in [0.2, 0.25) is 0 Å². The van der Waals surface area contributed by atoms with Crippen LogP contribution in [-0.4, -0.2) is 31.4 Å². The van der Waals surface area contributed by atoms with Crippen LogP contribution < -0.4 is 5.73 Å². The van der Waals surface area contributed by atoms with Crippen molar-refractivity contribution >= 4 is 6.02 Å². The molecule has 0 unspecified atom stereocenters. The molecule has 0 saturated carbocycles. The van der Waals surface area contributed by atoms with Gasteiger partial charge in [-0.25, -0.2) is 4.99 Å². The van der Waals surface area contributed by atoms with Crippen LogP contribution in [0.1, 0.15) is 12.8 Å². The first-order chi connectivity index (χ1) is 5.31. The summed E-state index contributed by atoms with van der Waals surface area (Å²) in [6, 6.07) is 0.340. The van der Waals surface area contributed by atoms with Gasteiger partial charge in [0.2, 0.25) is 0 Å². The van der Waals surface area contributed by atoms with Gasteiger partial charge in [-0.3, -0.25) is 0 Å².